The second-order valence-electron chi connectivity index (χ2n) is 5.41. The minimum atomic E-state index is -0.473. The van der Waals surface area contributed by atoms with Gasteiger partial charge in [0.05, 0.1) is 11.1 Å². The van der Waals surface area contributed by atoms with Crippen LogP contribution in [0.2, 0.25) is 0 Å². The maximum atomic E-state index is 11.5. The summed E-state index contributed by atoms with van der Waals surface area (Å²) in [6, 6.07) is -0.219. The van der Waals surface area contributed by atoms with Gasteiger partial charge in [-0.3, -0.25) is 0 Å². The number of nitrogens with one attached hydrogen (secondary N) is 2. The molecule has 3 N–H and O–H groups in total. The van der Waals surface area contributed by atoms with E-state index < -0.39 is 6.10 Å². The topological polar surface area (TPSA) is 74.2 Å². The fourth-order valence-corrected chi connectivity index (χ4v) is 2.68. The molecule has 0 saturated heterocycles. The molecule has 1 aromatic heterocycles. The highest BCUT2D eigenvalue weighted by Gasteiger charge is 2.08. The Balaban J connectivity index is 2.05. The Morgan fingerprint density at radius 3 is 2.80 bits per heavy atom. The van der Waals surface area contributed by atoms with E-state index in [9.17, 15) is 9.90 Å². The molecule has 0 fully saturated rings. The fraction of sp³-hybridized carbons (Fsp3) is 0.714. The van der Waals surface area contributed by atoms with Crippen molar-refractivity contribution in [3.8, 4) is 0 Å². The highest BCUT2D eigenvalue weighted by atomic mass is 32.1. The lowest BCUT2D eigenvalue weighted by molar-refractivity contribution is 0.147. The molecule has 0 aliphatic carbocycles. The Hall–Kier alpha value is -1.14. The molecule has 20 heavy (non-hydrogen) atoms. The number of aliphatic hydroxyl groups is 1. The van der Waals surface area contributed by atoms with Crippen LogP contribution in [-0.4, -0.2) is 35.3 Å². The van der Waals surface area contributed by atoms with Crippen LogP contribution in [-0.2, 0) is 6.42 Å². The summed E-state index contributed by atoms with van der Waals surface area (Å²) in [5.41, 5.74) is 1.05. The number of rotatable bonds is 8. The molecular formula is C14H25N3O2S. The molecule has 1 rings (SSSR count). The average molecular weight is 299 g/mol. The number of hydrogen-bond acceptors (Lipinski definition) is 4. The van der Waals surface area contributed by atoms with E-state index >= 15 is 0 Å². The molecule has 1 heterocycles. The van der Waals surface area contributed by atoms with Crippen molar-refractivity contribution in [2.75, 3.05) is 13.1 Å². The van der Waals surface area contributed by atoms with Gasteiger partial charge in [-0.2, -0.15) is 0 Å². The summed E-state index contributed by atoms with van der Waals surface area (Å²) in [6.07, 6.45) is 1.98. The van der Waals surface area contributed by atoms with Crippen LogP contribution in [0.4, 0.5) is 4.79 Å². The lowest BCUT2D eigenvalue weighted by Crippen LogP contribution is -2.40. The Kier molecular flexibility index (Phi) is 7.54. The van der Waals surface area contributed by atoms with Gasteiger partial charge in [-0.05, 0) is 25.7 Å². The van der Waals surface area contributed by atoms with Gasteiger partial charge in [-0.1, -0.05) is 13.8 Å². The van der Waals surface area contributed by atoms with Crippen LogP contribution in [0.1, 0.15) is 37.4 Å². The van der Waals surface area contributed by atoms with Gasteiger partial charge < -0.3 is 15.7 Å². The molecule has 114 valence electrons. The van der Waals surface area contributed by atoms with Crippen LogP contribution in [0.3, 0.4) is 0 Å². The van der Waals surface area contributed by atoms with Gasteiger partial charge in [-0.15, -0.1) is 11.3 Å². The van der Waals surface area contributed by atoms with Gasteiger partial charge in [0.2, 0.25) is 0 Å². The predicted molar refractivity (Wildman–Crippen MR) is 82.0 cm³/mol. The summed E-state index contributed by atoms with van der Waals surface area (Å²) in [5.74, 6) is 0.427. The van der Waals surface area contributed by atoms with E-state index in [0.717, 1.165) is 23.5 Å². The number of aryl methyl sites for hydroxylation is 2. The van der Waals surface area contributed by atoms with Crippen molar-refractivity contribution in [2.45, 2.75) is 46.1 Å². The maximum absolute atomic E-state index is 11.5. The summed E-state index contributed by atoms with van der Waals surface area (Å²) >= 11 is 1.66. The van der Waals surface area contributed by atoms with Crippen molar-refractivity contribution in [1.82, 2.24) is 15.6 Å². The standard InChI is InChI=1S/C14H25N3O2S/c1-10(2)7-12(18)8-16-14(19)15-6-4-5-13-17-11(3)9-20-13/h9-10,12,18H,4-8H2,1-3H3,(H2,15,16,19). The molecule has 0 radical (unpaired) electrons. The highest BCUT2D eigenvalue weighted by Crippen LogP contribution is 2.10. The van der Waals surface area contributed by atoms with Gasteiger partial charge in [0.1, 0.15) is 0 Å². The molecule has 0 aliphatic heterocycles. The van der Waals surface area contributed by atoms with Crippen LogP contribution in [0.25, 0.3) is 0 Å². The van der Waals surface area contributed by atoms with Crippen molar-refractivity contribution in [3.05, 3.63) is 16.1 Å². The van der Waals surface area contributed by atoms with Crippen LogP contribution in [0.15, 0.2) is 5.38 Å². The number of thiazole rings is 1. The lowest BCUT2D eigenvalue weighted by atomic mass is 10.1. The second kappa shape index (κ2) is 8.92. The summed E-state index contributed by atoms with van der Waals surface area (Å²) in [7, 11) is 0. The van der Waals surface area contributed by atoms with E-state index in [1.165, 1.54) is 0 Å². The van der Waals surface area contributed by atoms with Gasteiger partial charge in [-0.25, -0.2) is 9.78 Å². The Morgan fingerprint density at radius 1 is 1.45 bits per heavy atom. The van der Waals surface area contributed by atoms with Crippen molar-refractivity contribution in [1.29, 1.82) is 0 Å². The zero-order valence-electron chi connectivity index (χ0n) is 12.5. The molecular weight excluding hydrogens is 274 g/mol. The normalized spacial score (nSPS) is 12.4. The maximum Gasteiger partial charge on any atom is 0.314 e. The number of amides is 2. The van der Waals surface area contributed by atoms with E-state index in [0.29, 0.717) is 25.4 Å². The number of nitrogens with zero attached hydrogens (tertiary/aromatic N) is 1. The monoisotopic (exact) mass is 299 g/mol. The third kappa shape index (κ3) is 7.45. The van der Waals surface area contributed by atoms with E-state index in [2.05, 4.69) is 15.6 Å². The highest BCUT2D eigenvalue weighted by molar-refractivity contribution is 7.09. The minimum Gasteiger partial charge on any atom is -0.391 e. The number of carbonyl (C=O) groups is 1. The number of urea groups is 1. The largest absolute Gasteiger partial charge is 0.391 e. The first-order valence-corrected chi connectivity index (χ1v) is 7.96. The molecule has 1 atom stereocenters. The SMILES string of the molecule is Cc1csc(CCCNC(=O)NCC(O)CC(C)C)n1. The van der Waals surface area contributed by atoms with Gasteiger partial charge in [0.15, 0.2) is 0 Å². The first kappa shape index (κ1) is 16.9. The number of carbonyl (C=O) groups excluding carboxylic acids is 1. The quantitative estimate of drug-likeness (QED) is 0.643. The number of aliphatic hydroxyl groups excluding tert-OH is 1. The summed E-state index contributed by atoms with van der Waals surface area (Å²) in [6.45, 7) is 6.99. The predicted octanol–water partition coefficient (Wildman–Crippen LogP) is 2.09. The van der Waals surface area contributed by atoms with Gasteiger partial charge >= 0.3 is 6.03 Å². The molecule has 6 heteroatoms. The van der Waals surface area contributed by atoms with Crippen LogP contribution < -0.4 is 10.6 Å². The Bertz CT molecular complexity index is 407. The number of hydrogen-bond donors (Lipinski definition) is 3. The molecule has 0 spiro atoms. The third-order valence-corrected chi connectivity index (χ3v) is 3.79. The molecule has 0 saturated carbocycles. The van der Waals surface area contributed by atoms with Crippen LogP contribution >= 0.6 is 11.3 Å². The first-order valence-electron chi connectivity index (χ1n) is 7.08. The average Bonchev–Trinajstić information content (AvgIpc) is 2.77. The lowest BCUT2D eigenvalue weighted by Gasteiger charge is -2.14. The van der Waals surface area contributed by atoms with Crippen LogP contribution in [0, 0.1) is 12.8 Å². The van der Waals surface area contributed by atoms with E-state index in [4.69, 9.17) is 0 Å². The molecule has 5 nitrogen and oxygen atoms in total. The Labute approximate surface area is 124 Å². The zero-order valence-corrected chi connectivity index (χ0v) is 13.3. The van der Waals surface area contributed by atoms with Crippen molar-refractivity contribution in [3.63, 3.8) is 0 Å². The molecule has 1 aromatic rings. The van der Waals surface area contributed by atoms with E-state index in [1.54, 1.807) is 11.3 Å². The molecule has 2 amide bonds. The minimum absolute atomic E-state index is 0.219. The van der Waals surface area contributed by atoms with Gasteiger partial charge in [0.25, 0.3) is 0 Å². The van der Waals surface area contributed by atoms with Crippen LogP contribution in [0.5, 0.6) is 0 Å². The van der Waals surface area contributed by atoms with E-state index in [-0.39, 0.29) is 6.03 Å². The Morgan fingerprint density at radius 2 is 2.20 bits per heavy atom. The van der Waals surface area contributed by atoms with Crippen molar-refractivity contribution in [2.24, 2.45) is 5.92 Å². The van der Waals surface area contributed by atoms with E-state index in [1.807, 2.05) is 26.2 Å². The van der Waals surface area contributed by atoms with Gasteiger partial charge in [0, 0.05) is 30.6 Å². The molecule has 0 aliphatic rings. The first-order chi connectivity index (χ1) is 9.47. The van der Waals surface area contributed by atoms with Crippen molar-refractivity contribution < 1.29 is 9.90 Å². The molecule has 1 unspecified atom stereocenters. The fourth-order valence-electron chi connectivity index (χ4n) is 1.86. The third-order valence-electron chi connectivity index (χ3n) is 2.76. The second-order valence-corrected chi connectivity index (χ2v) is 6.35. The number of aromatic nitrogens is 1. The summed E-state index contributed by atoms with van der Waals surface area (Å²) in [5, 5.41) is 18.2. The van der Waals surface area contributed by atoms with Crippen molar-refractivity contribution >= 4 is 17.4 Å². The molecule has 0 aromatic carbocycles. The summed E-state index contributed by atoms with van der Waals surface area (Å²) in [4.78, 5) is 15.9. The molecule has 0 bridgehead atoms. The zero-order chi connectivity index (χ0) is 15.0. The smallest absolute Gasteiger partial charge is 0.314 e. The summed E-state index contributed by atoms with van der Waals surface area (Å²) < 4.78 is 0.